The van der Waals surface area contributed by atoms with Crippen LogP contribution in [-0.4, -0.2) is 34.6 Å². The summed E-state index contributed by atoms with van der Waals surface area (Å²) in [6, 6.07) is 0. The molecule has 1 aromatic rings. The van der Waals surface area contributed by atoms with Gasteiger partial charge in [0.05, 0.1) is 12.7 Å². The topological polar surface area (TPSA) is 64.3 Å². The van der Waals surface area contributed by atoms with E-state index in [2.05, 4.69) is 9.84 Å². The van der Waals surface area contributed by atoms with Gasteiger partial charge in [-0.1, -0.05) is 0 Å². The fraction of sp³-hybridized carbons (Fsp3) is 0.500. The third kappa shape index (κ3) is 2.12. The number of aliphatic hydroxyl groups is 1. The Balaban J connectivity index is 3.23. The number of carbonyl (C=O) groups is 1. The molecule has 0 amide bonds. The number of nitrogens with zero attached hydrogens (tertiary/aromatic N) is 2. The third-order valence-corrected chi connectivity index (χ3v) is 1.80. The maximum atomic E-state index is 13.1. The molecular weight excluding hydrogens is 210 g/mol. The first-order valence-corrected chi connectivity index (χ1v) is 4.03. The minimum atomic E-state index is -3.50. The highest BCUT2D eigenvalue weighted by Gasteiger charge is 2.37. The van der Waals surface area contributed by atoms with Gasteiger partial charge in [-0.15, -0.1) is 0 Å². The lowest BCUT2D eigenvalue weighted by Crippen LogP contribution is -2.21. The Kier molecular flexibility index (Phi) is 3.04. The molecule has 0 aromatic carbocycles. The summed E-state index contributed by atoms with van der Waals surface area (Å²) in [4.78, 5) is 11.1. The number of halogens is 2. The lowest BCUT2D eigenvalue weighted by Gasteiger charge is -2.11. The largest absolute Gasteiger partial charge is 0.464 e. The lowest BCUT2D eigenvalue weighted by molar-refractivity contribution is -0.0564. The van der Waals surface area contributed by atoms with Crippen LogP contribution in [0.4, 0.5) is 8.78 Å². The maximum absolute atomic E-state index is 13.1. The highest BCUT2D eigenvalue weighted by atomic mass is 19.3. The van der Waals surface area contributed by atoms with E-state index in [1.807, 2.05) is 0 Å². The van der Waals surface area contributed by atoms with E-state index in [0.717, 1.165) is 18.0 Å². The average molecular weight is 220 g/mol. The Morgan fingerprint density at radius 2 is 2.33 bits per heavy atom. The quantitative estimate of drug-likeness (QED) is 0.743. The van der Waals surface area contributed by atoms with Crippen molar-refractivity contribution in [2.24, 2.45) is 7.05 Å². The predicted octanol–water partition coefficient (Wildman–Crippen LogP) is 0.291. The van der Waals surface area contributed by atoms with Crippen LogP contribution in [0.1, 0.15) is 16.1 Å². The molecule has 1 N–H and O–H groups in total. The summed E-state index contributed by atoms with van der Waals surface area (Å²) in [7, 11) is 2.46. The second-order valence-corrected chi connectivity index (χ2v) is 2.92. The van der Waals surface area contributed by atoms with E-state index in [9.17, 15) is 13.6 Å². The number of ether oxygens (including phenoxy) is 1. The van der Waals surface area contributed by atoms with Gasteiger partial charge in [0.1, 0.15) is 6.61 Å². The highest BCUT2D eigenvalue weighted by Crippen LogP contribution is 2.29. The van der Waals surface area contributed by atoms with E-state index in [1.54, 1.807) is 0 Å². The number of hydrogen-bond donors (Lipinski definition) is 1. The van der Waals surface area contributed by atoms with E-state index in [1.165, 1.54) is 7.05 Å². The van der Waals surface area contributed by atoms with Crippen LogP contribution in [0.3, 0.4) is 0 Å². The molecule has 0 saturated carbocycles. The van der Waals surface area contributed by atoms with Crippen LogP contribution in [0.5, 0.6) is 0 Å². The summed E-state index contributed by atoms with van der Waals surface area (Å²) in [6.45, 7) is -1.39. The number of aromatic nitrogens is 2. The van der Waals surface area contributed by atoms with Crippen molar-refractivity contribution in [1.29, 1.82) is 0 Å². The summed E-state index contributed by atoms with van der Waals surface area (Å²) in [6.07, 6.45) is 0.975. The minimum absolute atomic E-state index is 0.487. The third-order valence-electron chi connectivity index (χ3n) is 1.80. The molecule has 5 nitrogen and oxygen atoms in total. The second kappa shape index (κ2) is 3.93. The van der Waals surface area contributed by atoms with Crippen LogP contribution in [0.2, 0.25) is 0 Å². The van der Waals surface area contributed by atoms with Crippen LogP contribution < -0.4 is 0 Å². The number of esters is 1. The summed E-state index contributed by atoms with van der Waals surface area (Å²) in [5.41, 5.74) is -1.13. The first-order chi connectivity index (χ1) is 6.92. The van der Waals surface area contributed by atoms with Crippen molar-refractivity contribution in [3.8, 4) is 0 Å². The van der Waals surface area contributed by atoms with Crippen molar-refractivity contribution >= 4 is 5.97 Å². The van der Waals surface area contributed by atoms with Gasteiger partial charge in [0.15, 0.2) is 5.69 Å². The number of methoxy groups -OCH3 is 1. The summed E-state index contributed by atoms with van der Waals surface area (Å²) < 4.78 is 31.6. The highest BCUT2D eigenvalue weighted by molar-refractivity contribution is 5.89. The van der Waals surface area contributed by atoms with E-state index < -0.39 is 29.8 Å². The number of alkyl halides is 2. The van der Waals surface area contributed by atoms with Gasteiger partial charge in [0.2, 0.25) is 0 Å². The Bertz CT molecular complexity index is 376. The Labute approximate surface area is 84.3 Å². The average Bonchev–Trinajstić information content (AvgIpc) is 2.60. The second-order valence-electron chi connectivity index (χ2n) is 2.92. The van der Waals surface area contributed by atoms with E-state index in [4.69, 9.17) is 5.11 Å². The number of aryl methyl sites for hydroxylation is 1. The zero-order valence-electron chi connectivity index (χ0n) is 8.20. The smallest absolute Gasteiger partial charge is 0.359 e. The number of carbonyl (C=O) groups excluding carboxylic acids is 1. The molecule has 0 aliphatic carbocycles. The molecular formula is C8H10F2N2O3. The van der Waals surface area contributed by atoms with Crippen molar-refractivity contribution in [2.45, 2.75) is 5.92 Å². The molecule has 0 bridgehead atoms. The van der Waals surface area contributed by atoms with Gasteiger partial charge in [0, 0.05) is 13.2 Å². The molecule has 0 fully saturated rings. The molecule has 0 saturated heterocycles. The molecule has 0 radical (unpaired) electrons. The normalized spacial score (nSPS) is 11.5. The zero-order valence-corrected chi connectivity index (χ0v) is 8.20. The number of aliphatic hydroxyl groups excluding tert-OH is 1. The molecule has 0 aliphatic rings. The fourth-order valence-corrected chi connectivity index (χ4v) is 1.09. The van der Waals surface area contributed by atoms with Gasteiger partial charge in [-0.05, 0) is 0 Å². The van der Waals surface area contributed by atoms with Crippen LogP contribution in [0.25, 0.3) is 0 Å². The van der Waals surface area contributed by atoms with Gasteiger partial charge < -0.3 is 9.84 Å². The van der Waals surface area contributed by atoms with E-state index in [0.29, 0.717) is 0 Å². The van der Waals surface area contributed by atoms with Crippen LogP contribution in [-0.2, 0) is 17.7 Å². The molecule has 1 rings (SSSR count). The molecule has 1 aromatic heterocycles. The molecule has 0 spiro atoms. The summed E-state index contributed by atoms with van der Waals surface area (Å²) in [5, 5.41) is 12.0. The molecule has 0 unspecified atom stereocenters. The van der Waals surface area contributed by atoms with Gasteiger partial charge in [-0.25, -0.2) is 4.79 Å². The van der Waals surface area contributed by atoms with Crippen LogP contribution in [0, 0.1) is 0 Å². The van der Waals surface area contributed by atoms with Gasteiger partial charge in [0.25, 0.3) is 5.92 Å². The first-order valence-electron chi connectivity index (χ1n) is 4.03. The number of hydrogen-bond acceptors (Lipinski definition) is 4. The van der Waals surface area contributed by atoms with Crippen molar-refractivity contribution in [1.82, 2.24) is 9.78 Å². The van der Waals surface area contributed by atoms with Crippen LogP contribution >= 0.6 is 0 Å². The Morgan fingerprint density at radius 3 is 2.80 bits per heavy atom. The molecule has 84 valence electrons. The molecule has 0 aliphatic heterocycles. The van der Waals surface area contributed by atoms with Crippen LogP contribution in [0.15, 0.2) is 6.20 Å². The SMILES string of the molecule is COC(=O)c1nn(C)cc1C(F)(F)CO. The lowest BCUT2D eigenvalue weighted by atomic mass is 10.1. The molecule has 0 atom stereocenters. The minimum Gasteiger partial charge on any atom is -0.464 e. The van der Waals surface area contributed by atoms with Crippen molar-refractivity contribution in [3.05, 3.63) is 17.5 Å². The summed E-state index contributed by atoms with van der Waals surface area (Å²) in [5.74, 6) is -4.46. The molecule has 15 heavy (non-hydrogen) atoms. The summed E-state index contributed by atoms with van der Waals surface area (Å²) >= 11 is 0. The zero-order chi connectivity index (χ0) is 11.6. The van der Waals surface area contributed by atoms with E-state index >= 15 is 0 Å². The monoisotopic (exact) mass is 220 g/mol. The van der Waals surface area contributed by atoms with Crippen molar-refractivity contribution < 1.29 is 23.4 Å². The number of rotatable bonds is 3. The fourth-order valence-electron chi connectivity index (χ4n) is 1.09. The molecule has 7 heteroatoms. The van der Waals surface area contributed by atoms with Crippen molar-refractivity contribution in [2.75, 3.05) is 13.7 Å². The Morgan fingerprint density at radius 1 is 1.73 bits per heavy atom. The van der Waals surface area contributed by atoms with Crippen molar-refractivity contribution in [3.63, 3.8) is 0 Å². The Hall–Kier alpha value is -1.50. The van der Waals surface area contributed by atoms with Gasteiger partial charge in [-0.3, -0.25) is 4.68 Å². The molecule has 1 heterocycles. The van der Waals surface area contributed by atoms with E-state index in [-0.39, 0.29) is 0 Å². The predicted molar refractivity (Wildman–Crippen MR) is 45.5 cm³/mol. The van der Waals surface area contributed by atoms with Gasteiger partial charge >= 0.3 is 5.97 Å². The first kappa shape index (κ1) is 11.6. The van der Waals surface area contributed by atoms with Gasteiger partial charge in [-0.2, -0.15) is 13.9 Å². The standard InChI is InChI=1S/C8H10F2N2O3/c1-12-3-5(8(9,10)4-13)6(11-12)7(14)15-2/h3,13H,4H2,1-2H3. The maximum Gasteiger partial charge on any atom is 0.359 e.